The van der Waals surface area contributed by atoms with Crippen LogP contribution in [0.4, 0.5) is 5.69 Å². The predicted molar refractivity (Wildman–Crippen MR) is 94.6 cm³/mol. The molecule has 0 spiro atoms. The van der Waals surface area contributed by atoms with Gasteiger partial charge in [-0.3, -0.25) is 4.79 Å². The number of nitrogens with one attached hydrogen (secondary N) is 2. The Balaban J connectivity index is 0.00000220. The van der Waals surface area contributed by atoms with E-state index < -0.39 is 0 Å². The van der Waals surface area contributed by atoms with Gasteiger partial charge in [0.25, 0.3) is 0 Å². The molecule has 0 saturated carbocycles. The van der Waals surface area contributed by atoms with E-state index in [0.717, 1.165) is 37.4 Å². The van der Waals surface area contributed by atoms with E-state index in [9.17, 15) is 4.79 Å². The van der Waals surface area contributed by atoms with Gasteiger partial charge in [-0.2, -0.15) is 0 Å². The number of benzene rings is 1. The quantitative estimate of drug-likeness (QED) is 0.826. The van der Waals surface area contributed by atoms with Crippen molar-refractivity contribution >= 4 is 36.4 Å². The first kappa shape index (κ1) is 20.8. The van der Waals surface area contributed by atoms with E-state index in [1.54, 1.807) is 7.11 Å². The Kier molecular flexibility index (Phi) is 9.98. The van der Waals surface area contributed by atoms with Crippen LogP contribution >= 0.6 is 24.8 Å². The van der Waals surface area contributed by atoms with Gasteiger partial charge in [-0.1, -0.05) is 12.1 Å². The van der Waals surface area contributed by atoms with Crippen molar-refractivity contribution in [3.63, 3.8) is 0 Å². The molecule has 5 nitrogen and oxygen atoms in total. The molecule has 126 valence electrons. The van der Waals surface area contributed by atoms with Crippen molar-refractivity contribution in [3.05, 3.63) is 24.3 Å². The van der Waals surface area contributed by atoms with Crippen molar-refractivity contribution in [2.45, 2.75) is 18.9 Å². The van der Waals surface area contributed by atoms with Crippen LogP contribution in [0.2, 0.25) is 0 Å². The van der Waals surface area contributed by atoms with Crippen LogP contribution in [0.3, 0.4) is 0 Å². The van der Waals surface area contributed by atoms with E-state index in [0.29, 0.717) is 12.6 Å². The van der Waals surface area contributed by atoms with Crippen molar-refractivity contribution < 1.29 is 9.53 Å². The second kappa shape index (κ2) is 10.5. The molecule has 1 aliphatic heterocycles. The number of methoxy groups -OCH3 is 1. The third kappa shape index (κ3) is 5.23. The van der Waals surface area contributed by atoms with E-state index in [-0.39, 0.29) is 30.7 Å². The fraction of sp³-hybridized carbons (Fsp3) is 0.533. The second-order valence-electron chi connectivity index (χ2n) is 4.99. The van der Waals surface area contributed by atoms with Crippen LogP contribution in [0.15, 0.2) is 24.3 Å². The molecule has 2 N–H and O–H groups in total. The largest absolute Gasteiger partial charge is 0.495 e. The first-order valence-corrected chi connectivity index (χ1v) is 7.07. The van der Waals surface area contributed by atoms with Crippen LogP contribution in [-0.4, -0.2) is 50.6 Å². The van der Waals surface area contributed by atoms with E-state index in [2.05, 4.69) is 10.6 Å². The fourth-order valence-corrected chi connectivity index (χ4v) is 2.67. The number of amides is 1. The average molecular weight is 350 g/mol. The van der Waals surface area contributed by atoms with E-state index in [1.807, 2.05) is 36.2 Å². The van der Waals surface area contributed by atoms with Crippen LogP contribution in [0.5, 0.6) is 5.75 Å². The second-order valence-corrected chi connectivity index (χ2v) is 4.99. The lowest BCUT2D eigenvalue weighted by molar-refractivity contribution is -0.130. The summed E-state index contributed by atoms with van der Waals surface area (Å²) in [5.74, 6) is 0.905. The Hall–Kier alpha value is -1.17. The maximum absolute atomic E-state index is 12.3. The van der Waals surface area contributed by atoms with Gasteiger partial charge in [-0.25, -0.2) is 0 Å². The molecule has 1 amide bonds. The molecular weight excluding hydrogens is 325 g/mol. The average Bonchev–Trinajstić information content (AvgIpc) is 2.94. The number of carbonyl (C=O) groups excluding carboxylic acids is 1. The van der Waals surface area contributed by atoms with Gasteiger partial charge in [-0.05, 0) is 32.0 Å². The number of nitrogens with zero attached hydrogens (tertiary/aromatic N) is 1. The van der Waals surface area contributed by atoms with Gasteiger partial charge in [0.05, 0.1) is 19.3 Å². The van der Waals surface area contributed by atoms with E-state index in [1.165, 1.54) is 0 Å². The number of rotatable bonds is 6. The maximum atomic E-state index is 12.3. The standard InChI is InChI=1S/C15H23N3O2.2ClH/c1-16-10-12-6-5-9-18(12)15(19)11-17-13-7-3-4-8-14(13)20-2;;/h3-4,7-8,12,16-17H,5-6,9-11H2,1-2H3;2*1H. The predicted octanol–water partition coefficient (Wildman–Crippen LogP) is 2.16. The molecule has 7 heteroatoms. The summed E-state index contributed by atoms with van der Waals surface area (Å²) in [7, 11) is 3.56. The molecule has 2 rings (SSSR count). The zero-order valence-corrected chi connectivity index (χ0v) is 14.6. The highest BCUT2D eigenvalue weighted by atomic mass is 35.5. The van der Waals surface area contributed by atoms with Crippen molar-refractivity contribution in [3.8, 4) is 5.75 Å². The van der Waals surface area contributed by atoms with Gasteiger partial charge in [0, 0.05) is 19.1 Å². The molecular formula is C15H25Cl2N3O2. The number of hydrogen-bond acceptors (Lipinski definition) is 4. The summed E-state index contributed by atoms with van der Waals surface area (Å²) in [4.78, 5) is 14.3. The molecule has 0 bridgehead atoms. The van der Waals surface area contributed by atoms with Crippen LogP contribution in [0.1, 0.15) is 12.8 Å². The van der Waals surface area contributed by atoms with Crippen LogP contribution < -0.4 is 15.4 Å². The minimum atomic E-state index is 0. The molecule has 22 heavy (non-hydrogen) atoms. The molecule has 1 saturated heterocycles. The lowest BCUT2D eigenvalue weighted by atomic mass is 10.2. The number of carbonyl (C=O) groups is 1. The van der Waals surface area contributed by atoms with Crippen LogP contribution in [-0.2, 0) is 4.79 Å². The zero-order chi connectivity index (χ0) is 14.4. The van der Waals surface area contributed by atoms with Crippen molar-refractivity contribution in [2.24, 2.45) is 0 Å². The summed E-state index contributed by atoms with van der Waals surface area (Å²) < 4.78 is 5.27. The number of likely N-dealkylation sites (N-methyl/N-ethyl adjacent to an activating group) is 1. The third-order valence-electron chi connectivity index (χ3n) is 3.67. The fourth-order valence-electron chi connectivity index (χ4n) is 2.67. The monoisotopic (exact) mass is 349 g/mol. The molecule has 1 heterocycles. The highest BCUT2D eigenvalue weighted by Crippen LogP contribution is 2.23. The molecule has 1 fully saturated rings. The third-order valence-corrected chi connectivity index (χ3v) is 3.67. The highest BCUT2D eigenvalue weighted by Gasteiger charge is 2.27. The van der Waals surface area contributed by atoms with Crippen molar-refractivity contribution in [2.75, 3.05) is 39.1 Å². The van der Waals surface area contributed by atoms with Crippen molar-refractivity contribution in [1.29, 1.82) is 0 Å². The zero-order valence-electron chi connectivity index (χ0n) is 13.0. The van der Waals surface area contributed by atoms with Gasteiger partial charge in [0.15, 0.2) is 0 Å². The number of hydrogen-bond donors (Lipinski definition) is 2. The van der Waals surface area contributed by atoms with Gasteiger partial charge < -0.3 is 20.3 Å². The molecule has 1 unspecified atom stereocenters. The molecule has 1 aromatic rings. The molecule has 1 aliphatic rings. The first-order valence-electron chi connectivity index (χ1n) is 7.07. The van der Waals surface area contributed by atoms with Gasteiger partial charge in [0.1, 0.15) is 5.75 Å². The topological polar surface area (TPSA) is 53.6 Å². The number of ether oxygens (including phenoxy) is 1. The Morgan fingerprint density at radius 3 is 2.77 bits per heavy atom. The van der Waals surface area contributed by atoms with Crippen LogP contribution in [0.25, 0.3) is 0 Å². The smallest absolute Gasteiger partial charge is 0.242 e. The Morgan fingerprint density at radius 2 is 2.09 bits per heavy atom. The number of para-hydroxylation sites is 2. The maximum Gasteiger partial charge on any atom is 0.242 e. The number of likely N-dealkylation sites (tertiary alicyclic amines) is 1. The molecule has 0 aromatic heterocycles. The van der Waals surface area contributed by atoms with Crippen LogP contribution in [0, 0.1) is 0 Å². The first-order chi connectivity index (χ1) is 9.76. The molecule has 0 radical (unpaired) electrons. The summed E-state index contributed by atoms with van der Waals surface area (Å²) in [6, 6.07) is 7.96. The normalized spacial score (nSPS) is 16.5. The highest BCUT2D eigenvalue weighted by molar-refractivity contribution is 5.85. The summed E-state index contributed by atoms with van der Waals surface area (Å²) in [6.45, 7) is 2.03. The minimum absolute atomic E-state index is 0. The SMILES string of the molecule is CNCC1CCCN1C(=O)CNc1ccccc1OC.Cl.Cl. The summed E-state index contributed by atoms with van der Waals surface area (Å²) in [5.41, 5.74) is 0.854. The van der Waals surface area contributed by atoms with Gasteiger partial charge >= 0.3 is 0 Å². The van der Waals surface area contributed by atoms with Gasteiger partial charge in [0.2, 0.25) is 5.91 Å². The Bertz CT molecular complexity index is 460. The van der Waals surface area contributed by atoms with Gasteiger partial charge in [-0.15, -0.1) is 24.8 Å². The lowest BCUT2D eigenvalue weighted by Gasteiger charge is -2.25. The summed E-state index contributed by atoms with van der Waals surface area (Å²) >= 11 is 0. The molecule has 0 aliphatic carbocycles. The minimum Gasteiger partial charge on any atom is -0.495 e. The Labute approximate surface area is 144 Å². The van der Waals surface area contributed by atoms with E-state index in [4.69, 9.17) is 4.74 Å². The summed E-state index contributed by atoms with van der Waals surface area (Å²) in [5, 5.41) is 6.32. The lowest BCUT2D eigenvalue weighted by Crippen LogP contribution is -2.43. The Morgan fingerprint density at radius 1 is 1.36 bits per heavy atom. The molecule has 1 aromatic carbocycles. The molecule has 1 atom stereocenters. The van der Waals surface area contributed by atoms with E-state index >= 15 is 0 Å². The summed E-state index contributed by atoms with van der Waals surface area (Å²) in [6.07, 6.45) is 2.17. The van der Waals surface area contributed by atoms with Crippen molar-refractivity contribution in [1.82, 2.24) is 10.2 Å². The number of halogens is 2. The number of anilines is 1.